The predicted molar refractivity (Wildman–Crippen MR) is 59.7 cm³/mol. The van der Waals surface area contributed by atoms with Gasteiger partial charge in [-0.15, -0.1) is 0 Å². The molecule has 0 fully saturated rings. The molecule has 0 aromatic carbocycles. The van der Waals surface area contributed by atoms with Crippen LogP contribution in [-0.4, -0.2) is 30.9 Å². The van der Waals surface area contributed by atoms with E-state index in [9.17, 15) is 4.79 Å². The molecule has 0 aliphatic heterocycles. The first-order chi connectivity index (χ1) is 7.26. The fourth-order valence-corrected chi connectivity index (χ4v) is 1.67. The summed E-state index contributed by atoms with van der Waals surface area (Å²) in [5, 5.41) is 3.88. The molecule has 0 unspecified atom stereocenters. The first kappa shape index (κ1) is 12.0. The highest BCUT2D eigenvalue weighted by Crippen LogP contribution is 2.15. The second kappa shape index (κ2) is 6.42. The maximum absolute atomic E-state index is 10.9. The van der Waals surface area contributed by atoms with E-state index in [4.69, 9.17) is 0 Å². The van der Waals surface area contributed by atoms with Crippen molar-refractivity contribution in [3.63, 3.8) is 0 Å². The second-order valence-electron chi connectivity index (χ2n) is 2.90. The van der Waals surface area contributed by atoms with Crippen molar-refractivity contribution < 1.29 is 9.53 Å². The number of aromatic nitrogens is 1. The molecule has 0 atom stereocenters. The molecule has 0 spiro atoms. The summed E-state index contributed by atoms with van der Waals surface area (Å²) in [6, 6.07) is 3.89. The number of thioether (sulfide) groups is 1. The number of esters is 1. The summed E-state index contributed by atoms with van der Waals surface area (Å²) in [5.41, 5.74) is 1.12. The summed E-state index contributed by atoms with van der Waals surface area (Å²) in [7, 11) is 3.27. The molecule has 1 aromatic heterocycles. The Morgan fingerprint density at radius 1 is 1.60 bits per heavy atom. The van der Waals surface area contributed by atoms with Gasteiger partial charge in [0.2, 0.25) is 0 Å². The average Bonchev–Trinajstić information content (AvgIpc) is 2.28. The number of hydrogen-bond donors (Lipinski definition) is 1. The smallest absolute Gasteiger partial charge is 0.316 e. The van der Waals surface area contributed by atoms with Crippen molar-refractivity contribution in [3.05, 3.63) is 23.9 Å². The van der Waals surface area contributed by atoms with Crippen molar-refractivity contribution in [2.45, 2.75) is 11.6 Å². The zero-order chi connectivity index (χ0) is 11.1. The number of methoxy groups -OCH3 is 1. The van der Waals surface area contributed by atoms with E-state index < -0.39 is 0 Å². The maximum Gasteiger partial charge on any atom is 0.316 e. The van der Waals surface area contributed by atoms with Crippen molar-refractivity contribution in [3.8, 4) is 0 Å². The monoisotopic (exact) mass is 226 g/mol. The van der Waals surface area contributed by atoms with Crippen LogP contribution in [0.4, 0.5) is 0 Å². The van der Waals surface area contributed by atoms with Gasteiger partial charge in [0.05, 0.1) is 17.9 Å². The summed E-state index contributed by atoms with van der Waals surface area (Å²) >= 11 is 1.37. The molecule has 0 aliphatic rings. The fourth-order valence-electron chi connectivity index (χ4n) is 0.997. The molecule has 4 nitrogen and oxygen atoms in total. The van der Waals surface area contributed by atoms with Gasteiger partial charge in [0.15, 0.2) is 0 Å². The number of nitrogens with one attached hydrogen (secondary N) is 1. The molecule has 0 amide bonds. The molecule has 15 heavy (non-hydrogen) atoms. The zero-order valence-corrected chi connectivity index (χ0v) is 9.63. The van der Waals surface area contributed by atoms with Crippen LogP contribution in [-0.2, 0) is 16.1 Å². The van der Waals surface area contributed by atoms with Crippen molar-refractivity contribution in [2.75, 3.05) is 19.9 Å². The van der Waals surface area contributed by atoms with Gasteiger partial charge >= 0.3 is 5.97 Å². The SMILES string of the molecule is CNCc1ccc(SCC(=O)OC)nc1. The van der Waals surface area contributed by atoms with Gasteiger partial charge < -0.3 is 10.1 Å². The standard InChI is InChI=1S/C10H14N2O2S/c1-11-5-8-3-4-9(12-6-8)15-7-10(13)14-2/h3-4,6,11H,5,7H2,1-2H3. The molecule has 1 aromatic rings. The summed E-state index contributed by atoms with van der Waals surface area (Å²) in [6.07, 6.45) is 1.80. The van der Waals surface area contributed by atoms with Gasteiger partial charge in [-0.05, 0) is 18.7 Å². The highest BCUT2D eigenvalue weighted by Gasteiger charge is 2.02. The van der Waals surface area contributed by atoms with Crippen LogP contribution in [0.3, 0.4) is 0 Å². The Morgan fingerprint density at radius 2 is 2.40 bits per heavy atom. The molecule has 1 heterocycles. The largest absolute Gasteiger partial charge is 0.468 e. The van der Waals surface area contributed by atoms with Gasteiger partial charge in [-0.3, -0.25) is 4.79 Å². The molecule has 0 saturated carbocycles. The van der Waals surface area contributed by atoms with E-state index in [-0.39, 0.29) is 5.97 Å². The van der Waals surface area contributed by atoms with Gasteiger partial charge in [-0.2, -0.15) is 0 Å². The third-order valence-electron chi connectivity index (χ3n) is 1.74. The molecule has 0 radical (unpaired) electrons. The molecule has 1 rings (SSSR count). The van der Waals surface area contributed by atoms with Gasteiger partial charge in [0, 0.05) is 12.7 Å². The van der Waals surface area contributed by atoms with E-state index in [2.05, 4.69) is 15.0 Å². The molecular weight excluding hydrogens is 212 g/mol. The molecule has 82 valence electrons. The summed E-state index contributed by atoms with van der Waals surface area (Å²) in [5.74, 6) is 0.0654. The van der Waals surface area contributed by atoms with Crippen LogP contribution >= 0.6 is 11.8 Å². The van der Waals surface area contributed by atoms with E-state index in [1.165, 1.54) is 18.9 Å². The van der Waals surface area contributed by atoms with E-state index in [1.54, 1.807) is 6.20 Å². The number of nitrogens with zero attached hydrogens (tertiary/aromatic N) is 1. The minimum atomic E-state index is -0.235. The van der Waals surface area contributed by atoms with Gasteiger partial charge in [0.25, 0.3) is 0 Å². The Morgan fingerprint density at radius 3 is 2.93 bits per heavy atom. The minimum Gasteiger partial charge on any atom is -0.468 e. The molecule has 1 N–H and O–H groups in total. The molecule has 0 aliphatic carbocycles. The van der Waals surface area contributed by atoms with Crippen LogP contribution in [0.15, 0.2) is 23.4 Å². The average molecular weight is 226 g/mol. The number of hydrogen-bond acceptors (Lipinski definition) is 5. The highest BCUT2D eigenvalue weighted by atomic mass is 32.2. The van der Waals surface area contributed by atoms with Crippen LogP contribution < -0.4 is 5.32 Å². The Kier molecular flexibility index (Phi) is 5.14. The van der Waals surface area contributed by atoms with Crippen LogP contribution in [0.2, 0.25) is 0 Å². The normalized spacial score (nSPS) is 10.0. The van der Waals surface area contributed by atoms with Gasteiger partial charge in [-0.1, -0.05) is 17.8 Å². The van der Waals surface area contributed by atoms with E-state index >= 15 is 0 Å². The van der Waals surface area contributed by atoms with Crippen molar-refractivity contribution in [2.24, 2.45) is 0 Å². The van der Waals surface area contributed by atoms with E-state index in [0.717, 1.165) is 17.1 Å². The molecule has 0 bridgehead atoms. The van der Waals surface area contributed by atoms with Gasteiger partial charge in [0.1, 0.15) is 0 Å². The number of carbonyl (C=O) groups is 1. The number of rotatable bonds is 5. The van der Waals surface area contributed by atoms with Crippen LogP contribution in [0.1, 0.15) is 5.56 Å². The summed E-state index contributed by atoms with van der Waals surface area (Å²) < 4.78 is 4.54. The summed E-state index contributed by atoms with van der Waals surface area (Å²) in [4.78, 5) is 15.1. The Balaban J connectivity index is 2.45. The molecular formula is C10H14N2O2S. The first-order valence-electron chi connectivity index (χ1n) is 4.55. The van der Waals surface area contributed by atoms with Crippen LogP contribution in [0, 0.1) is 0 Å². The van der Waals surface area contributed by atoms with Crippen LogP contribution in [0.25, 0.3) is 0 Å². The second-order valence-corrected chi connectivity index (χ2v) is 3.90. The lowest BCUT2D eigenvalue weighted by molar-refractivity contribution is -0.137. The fraction of sp³-hybridized carbons (Fsp3) is 0.400. The maximum atomic E-state index is 10.9. The summed E-state index contributed by atoms with van der Waals surface area (Å²) in [6.45, 7) is 0.801. The van der Waals surface area contributed by atoms with Crippen molar-refractivity contribution >= 4 is 17.7 Å². The Bertz CT molecular complexity index is 314. The van der Waals surface area contributed by atoms with E-state index in [1.807, 2.05) is 19.2 Å². The minimum absolute atomic E-state index is 0.235. The zero-order valence-electron chi connectivity index (χ0n) is 8.82. The highest BCUT2D eigenvalue weighted by molar-refractivity contribution is 7.99. The molecule has 5 heteroatoms. The van der Waals surface area contributed by atoms with E-state index in [0.29, 0.717) is 5.75 Å². The van der Waals surface area contributed by atoms with Crippen molar-refractivity contribution in [1.29, 1.82) is 0 Å². The first-order valence-corrected chi connectivity index (χ1v) is 5.54. The molecule has 0 saturated heterocycles. The van der Waals surface area contributed by atoms with Gasteiger partial charge in [-0.25, -0.2) is 4.98 Å². The lowest BCUT2D eigenvalue weighted by atomic mass is 10.3. The number of pyridine rings is 1. The topological polar surface area (TPSA) is 51.2 Å². The quantitative estimate of drug-likeness (QED) is 0.601. The number of ether oxygens (including phenoxy) is 1. The Labute approximate surface area is 93.4 Å². The Hall–Kier alpha value is -1.07. The van der Waals surface area contributed by atoms with Crippen molar-refractivity contribution in [1.82, 2.24) is 10.3 Å². The predicted octanol–water partition coefficient (Wildman–Crippen LogP) is 1.07. The number of carbonyl (C=O) groups excluding carboxylic acids is 1. The lowest BCUT2D eigenvalue weighted by Gasteiger charge is -2.02. The lowest BCUT2D eigenvalue weighted by Crippen LogP contribution is -2.05. The van der Waals surface area contributed by atoms with Crippen LogP contribution in [0.5, 0.6) is 0 Å². The third-order valence-corrected chi connectivity index (χ3v) is 2.66. The third kappa shape index (κ3) is 4.31.